The van der Waals surface area contributed by atoms with E-state index in [1.165, 1.54) is 0 Å². The zero-order valence-electron chi connectivity index (χ0n) is 17.6. The lowest BCUT2D eigenvalue weighted by molar-refractivity contribution is -0.126. The van der Waals surface area contributed by atoms with Gasteiger partial charge in [0.2, 0.25) is 5.91 Å². The van der Waals surface area contributed by atoms with Crippen molar-refractivity contribution in [2.24, 2.45) is 5.92 Å². The number of nitrogens with one attached hydrogen (secondary N) is 2. The van der Waals surface area contributed by atoms with Crippen LogP contribution in [0.5, 0.6) is 0 Å². The molecule has 1 aromatic heterocycles. The van der Waals surface area contributed by atoms with Gasteiger partial charge in [0.1, 0.15) is 5.76 Å². The van der Waals surface area contributed by atoms with Gasteiger partial charge in [0.15, 0.2) is 0 Å². The number of hydrogen-bond donors (Lipinski definition) is 2. The molecular weight excluding hydrogens is 406 g/mol. The van der Waals surface area contributed by atoms with E-state index >= 15 is 0 Å². The number of carbonyl (C=O) groups is 3. The van der Waals surface area contributed by atoms with Crippen LogP contribution in [-0.4, -0.2) is 35.7 Å². The number of likely N-dealkylation sites (tertiary alicyclic amines) is 1. The van der Waals surface area contributed by atoms with Crippen LogP contribution in [0.2, 0.25) is 0 Å². The molecule has 3 aromatic rings. The minimum atomic E-state index is -0.197. The van der Waals surface area contributed by atoms with Crippen molar-refractivity contribution in [1.29, 1.82) is 0 Å². The predicted octanol–water partition coefficient (Wildman–Crippen LogP) is 3.70. The third-order valence-electron chi connectivity index (χ3n) is 5.60. The molecular formula is C25H25N3O4. The highest BCUT2D eigenvalue weighted by molar-refractivity contribution is 6.04. The minimum Gasteiger partial charge on any atom is -0.467 e. The van der Waals surface area contributed by atoms with E-state index in [2.05, 4.69) is 10.6 Å². The summed E-state index contributed by atoms with van der Waals surface area (Å²) in [5.41, 5.74) is 1.76. The summed E-state index contributed by atoms with van der Waals surface area (Å²) in [5.74, 6) is 0.336. The van der Waals surface area contributed by atoms with Gasteiger partial charge in [-0.25, -0.2) is 0 Å². The second kappa shape index (κ2) is 9.96. The van der Waals surface area contributed by atoms with Crippen molar-refractivity contribution in [3.63, 3.8) is 0 Å². The fraction of sp³-hybridized carbons (Fsp3) is 0.240. The standard InChI is InChI=1S/C25H25N3O4/c29-23(26-17-22-7-4-16-32-22)19-12-14-28(15-13-19)25(31)20-8-10-21(11-9-20)27-24(30)18-5-2-1-3-6-18/h1-11,16,19H,12-15,17H2,(H,26,29)(H,27,30). The predicted molar refractivity (Wildman–Crippen MR) is 120 cm³/mol. The van der Waals surface area contributed by atoms with E-state index in [-0.39, 0.29) is 23.6 Å². The zero-order valence-corrected chi connectivity index (χ0v) is 17.6. The summed E-state index contributed by atoms with van der Waals surface area (Å²) < 4.78 is 5.23. The number of hydrogen-bond acceptors (Lipinski definition) is 4. The van der Waals surface area contributed by atoms with Crippen molar-refractivity contribution < 1.29 is 18.8 Å². The SMILES string of the molecule is O=C(Nc1ccc(C(=O)N2CCC(C(=O)NCc3ccco3)CC2)cc1)c1ccccc1. The highest BCUT2D eigenvalue weighted by Gasteiger charge is 2.27. The quantitative estimate of drug-likeness (QED) is 0.623. The molecule has 2 aromatic carbocycles. The van der Waals surface area contributed by atoms with E-state index in [9.17, 15) is 14.4 Å². The van der Waals surface area contributed by atoms with Gasteiger partial charge in [-0.1, -0.05) is 18.2 Å². The van der Waals surface area contributed by atoms with Crippen LogP contribution in [-0.2, 0) is 11.3 Å². The number of nitrogens with zero attached hydrogens (tertiary/aromatic N) is 1. The van der Waals surface area contributed by atoms with Gasteiger partial charge < -0.3 is 20.0 Å². The molecule has 2 N–H and O–H groups in total. The molecule has 1 aliphatic heterocycles. The average Bonchev–Trinajstić information content (AvgIpc) is 3.37. The van der Waals surface area contributed by atoms with Crippen molar-refractivity contribution in [3.05, 3.63) is 89.9 Å². The maximum absolute atomic E-state index is 12.8. The fourth-order valence-corrected chi connectivity index (χ4v) is 3.75. The first-order valence-electron chi connectivity index (χ1n) is 10.7. The number of piperidine rings is 1. The van der Waals surface area contributed by atoms with Crippen molar-refractivity contribution >= 4 is 23.4 Å². The monoisotopic (exact) mass is 431 g/mol. The minimum absolute atomic E-state index is 0.00740. The fourth-order valence-electron chi connectivity index (χ4n) is 3.75. The van der Waals surface area contributed by atoms with Crippen LogP contribution in [0.3, 0.4) is 0 Å². The lowest BCUT2D eigenvalue weighted by Gasteiger charge is -2.31. The van der Waals surface area contributed by atoms with Crippen LogP contribution in [0.25, 0.3) is 0 Å². The first-order valence-corrected chi connectivity index (χ1v) is 10.7. The van der Waals surface area contributed by atoms with Gasteiger partial charge in [-0.05, 0) is 61.4 Å². The molecule has 1 fully saturated rings. The van der Waals surface area contributed by atoms with Gasteiger partial charge in [0.25, 0.3) is 11.8 Å². The Morgan fingerprint density at radius 1 is 0.875 bits per heavy atom. The summed E-state index contributed by atoms with van der Waals surface area (Å²) in [6, 6.07) is 19.4. The Kier molecular flexibility index (Phi) is 6.65. The van der Waals surface area contributed by atoms with Crippen molar-refractivity contribution in [3.8, 4) is 0 Å². The summed E-state index contributed by atoms with van der Waals surface area (Å²) in [4.78, 5) is 39.2. The molecule has 0 unspecified atom stereocenters. The van der Waals surface area contributed by atoms with Crippen LogP contribution in [0.4, 0.5) is 5.69 Å². The maximum Gasteiger partial charge on any atom is 0.255 e. The van der Waals surface area contributed by atoms with Crippen LogP contribution in [0.15, 0.2) is 77.4 Å². The molecule has 7 heteroatoms. The van der Waals surface area contributed by atoms with Gasteiger partial charge in [-0.15, -0.1) is 0 Å². The molecule has 3 amide bonds. The van der Waals surface area contributed by atoms with Crippen molar-refractivity contribution in [1.82, 2.24) is 10.2 Å². The summed E-state index contributed by atoms with van der Waals surface area (Å²) in [5, 5.41) is 5.72. The molecule has 32 heavy (non-hydrogen) atoms. The Hall–Kier alpha value is -3.87. The molecule has 0 spiro atoms. The Labute approximate surface area is 186 Å². The lowest BCUT2D eigenvalue weighted by Crippen LogP contribution is -2.42. The molecule has 0 radical (unpaired) electrons. The average molecular weight is 431 g/mol. The molecule has 1 saturated heterocycles. The molecule has 164 valence electrons. The zero-order chi connectivity index (χ0) is 22.3. The van der Waals surface area contributed by atoms with E-state index in [1.54, 1.807) is 53.6 Å². The second-order valence-corrected chi connectivity index (χ2v) is 7.76. The van der Waals surface area contributed by atoms with E-state index < -0.39 is 0 Å². The largest absolute Gasteiger partial charge is 0.467 e. The Bertz CT molecular complexity index is 1050. The molecule has 0 bridgehead atoms. The molecule has 2 heterocycles. The van der Waals surface area contributed by atoms with Crippen LogP contribution >= 0.6 is 0 Å². The van der Waals surface area contributed by atoms with E-state index in [1.807, 2.05) is 24.3 Å². The summed E-state index contributed by atoms with van der Waals surface area (Å²) >= 11 is 0. The molecule has 0 atom stereocenters. The third kappa shape index (κ3) is 5.24. The molecule has 7 nitrogen and oxygen atoms in total. The summed E-state index contributed by atoms with van der Waals surface area (Å²) in [6.07, 6.45) is 2.83. The third-order valence-corrected chi connectivity index (χ3v) is 5.60. The molecule has 1 aliphatic rings. The Morgan fingerprint density at radius 3 is 2.25 bits per heavy atom. The smallest absolute Gasteiger partial charge is 0.255 e. The van der Waals surface area contributed by atoms with Gasteiger partial charge in [-0.2, -0.15) is 0 Å². The molecule has 0 aliphatic carbocycles. The van der Waals surface area contributed by atoms with Gasteiger partial charge in [-0.3, -0.25) is 14.4 Å². The van der Waals surface area contributed by atoms with E-state index in [4.69, 9.17) is 4.42 Å². The van der Waals surface area contributed by atoms with Gasteiger partial charge in [0, 0.05) is 35.8 Å². The van der Waals surface area contributed by atoms with Crippen molar-refractivity contribution in [2.45, 2.75) is 19.4 Å². The van der Waals surface area contributed by atoms with E-state index in [0.717, 1.165) is 5.76 Å². The number of anilines is 1. The summed E-state index contributed by atoms with van der Waals surface area (Å²) in [7, 11) is 0. The topological polar surface area (TPSA) is 91.7 Å². The van der Waals surface area contributed by atoms with Gasteiger partial charge >= 0.3 is 0 Å². The Balaban J connectivity index is 1.26. The lowest BCUT2D eigenvalue weighted by atomic mass is 9.95. The highest BCUT2D eigenvalue weighted by Crippen LogP contribution is 2.20. The highest BCUT2D eigenvalue weighted by atomic mass is 16.3. The molecule has 4 rings (SSSR count). The first kappa shape index (κ1) is 21.4. The summed E-state index contributed by atoms with van der Waals surface area (Å²) in [6.45, 7) is 1.44. The number of benzene rings is 2. The number of furan rings is 1. The van der Waals surface area contributed by atoms with Crippen LogP contribution in [0.1, 0.15) is 39.3 Å². The second-order valence-electron chi connectivity index (χ2n) is 7.76. The van der Waals surface area contributed by atoms with Crippen LogP contribution < -0.4 is 10.6 Å². The Morgan fingerprint density at radius 2 is 1.59 bits per heavy atom. The first-order chi connectivity index (χ1) is 15.6. The number of amides is 3. The normalized spacial score (nSPS) is 14.1. The number of carbonyl (C=O) groups excluding carboxylic acids is 3. The maximum atomic E-state index is 12.8. The van der Waals surface area contributed by atoms with E-state index in [0.29, 0.717) is 49.3 Å². The molecule has 0 saturated carbocycles. The van der Waals surface area contributed by atoms with Gasteiger partial charge in [0.05, 0.1) is 12.8 Å². The number of rotatable bonds is 6. The van der Waals surface area contributed by atoms with Crippen molar-refractivity contribution in [2.75, 3.05) is 18.4 Å². The van der Waals surface area contributed by atoms with Crippen LogP contribution in [0, 0.1) is 5.92 Å².